The van der Waals surface area contributed by atoms with Gasteiger partial charge in [-0.05, 0) is 13.3 Å². The minimum absolute atomic E-state index is 0.0847. The van der Waals surface area contributed by atoms with Gasteiger partial charge in [-0.15, -0.1) is 0 Å². The summed E-state index contributed by atoms with van der Waals surface area (Å²) in [4.78, 5) is 36.3. The van der Waals surface area contributed by atoms with Gasteiger partial charge in [0.15, 0.2) is 5.79 Å². The molecule has 3 fully saturated rings. The lowest BCUT2D eigenvalue weighted by Crippen LogP contribution is -2.46. The molecule has 3 heterocycles. The van der Waals surface area contributed by atoms with E-state index in [1.165, 1.54) is 6.92 Å². The second-order valence-electron chi connectivity index (χ2n) is 9.03. The van der Waals surface area contributed by atoms with E-state index in [0.29, 0.717) is 6.42 Å². The van der Waals surface area contributed by atoms with Crippen molar-refractivity contribution in [1.82, 2.24) is 0 Å². The number of carbonyl (C=O) groups is 3. The van der Waals surface area contributed by atoms with Gasteiger partial charge in [-0.25, -0.2) is 4.79 Å². The molecule has 0 amide bonds. The number of rotatable bonds is 3. The lowest BCUT2D eigenvalue weighted by Gasteiger charge is -2.35. The van der Waals surface area contributed by atoms with E-state index in [1.807, 2.05) is 0 Å². The summed E-state index contributed by atoms with van der Waals surface area (Å²) in [5.41, 5.74) is -0.876. The molecule has 0 aromatic rings. The van der Waals surface area contributed by atoms with E-state index < -0.39 is 59.4 Å². The molecule has 3 rings (SSSR count). The van der Waals surface area contributed by atoms with Gasteiger partial charge in [0, 0.05) is 31.3 Å². The van der Waals surface area contributed by atoms with E-state index in [4.69, 9.17) is 18.9 Å². The van der Waals surface area contributed by atoms with Crippen LogP contribution in [0.5, 0.6) is 0 Å². The van der Waals surface area contributed by atoms with Gasteiger partial charge in [-0.2, -0.15) is 0 Å². The fourth-order valence-corrected chi connectivity index (χ4v) is 4.60. The lowest BCUT2D eigenvalue weighted by atomic mass is 9.77. The summed E-state index contributed by atoms with van der Waals surface area (Å²) in [5, 5.41) is 11.2. The van der Waals surface area contributed by atoms with E-state index in [0.717, 1.165) is 0 Å². The molecule has 0 aromatic heterocycles. The largest absolute Gasteiger partial charge is 0.461 e. The first-order chi connectivity index (χ1) is 13.4. The van der Waals surface area contributed by atoms with Crippen molar-refractivity contribution in [3.8, 4) is 0 Å². The number of carbonyl (C=O) groups excluding carboxylic acids is 3. The number of hydrogen-bond acceptors (Lipinski definition) is 8. The van der Waals surface area contributed by atoms with Crippen molar-refractivity contribution in [2.45, 2.75) is 83.6 Å². The Hall–Kier alpha value is -1.93. The molecule has 8 heteroatoms. The number of ether oxygens (including phenoxy) is 4. The maximum absolute atomic E-state index is 12.4. The predicted molar refractivity (Wildman–Crippen MR) is 100 cm³/mol. The topological polar surface area (TPSA) is 108 Å². The molecular formula is C21H30O8. The molecule has 0 saturated carbocycles. The van der Waals surface area contributed by atoms with Crippen LogP contribution in [0.1, 0.15) is 53.9 Å². The Morgan fingerprint density at radius 3 is 2.52 bits per heavy atom. The van der Waals surface area contributed by atoms with E-state index >= 15 is 0 Å². The molecule has 0 aliphatic carbocycles. The maximum Gasteiger partial charge on any atom is 0.334 e. The predicted octanol–water partition coefficient (Wildman–Crippen LogP) is 1.88. The van der Waals surface area contributed by atoms with Crippen molar-refractivity contribution >= 4 is 17.9 Å². The minimum Gasteiger partial charge on any atom is -0.461 e. The van der Waals surface area contributed by atoms with Crippen molar-refractivity contribution < 1.29 is 38.4 Å². The zero-order chi connectivity index (χ0) is 21.7. The Labute approximate surface area is 170 Å². The van der Waals surface area contributed by atoms with Crippen molar-refractivity contribution in [3.05, 3.63) is 12.2 Å². The minimum atomic E-state index is -1.56. The first-order valence-electron chi connectivity index (χ1n) is 10.1. The van der Waals surface area contributed by atoms with Gasteiger partial charge in [0.25, 0.3) is 0 Å². The monoisotopic (exact) mass is 410 g/mol. The Balaban J connectivity index is 2.03. The summed E-state index contributed by atoms with van der Waals surface area (Å²) in [6.07, 6.45) is -1.58. The highest BCUT2D eigenvalue weighted by Gasteiger charge is 2.61. The zero-order valence-corrected chi connectivity index (χ0v) is 17.6. The second-order valence-corrected chi connectivity index (χ2v) is 9.03. The van der Waals surface area contributed by atoms with E-state index in [9.17, 15) is 19.5 Å². The van der Waals surface area contributed by atoms with Crippen LogP contribution in [0.3, 0.4) is 0 Å². The molecule has 3 saturated heterocycles. The maximum atomic E-state index is 12.4. The highest BCUT2D eigenvalue weighted by Crippen LogP contribution is 2.50. The zero-order valence-electron chi connectivity index (χ0n) is 17.6. The highest BCUT2D eigenvalue weighted by molar-refractivity contribution is 5.91. The molecule has 0 spiro atoms. The third-order valence-electron chi connectivity index (χ3n) is 6.30. The van der Waals surface area contributed by atoms with Crippen LogP contribution in [-0.2, 0) is 33.3 Å². The number of esters is 3. The third-order valence-corrected chi connectivity index (χ3v) is 6.30. The van der Waals surface area contributed by atoms with Gasteiger partial charge < -0.3 is 24.1 Å². The van der Waals surface area contributed by atoms with Crippen LogP contribution in [0.4, 0.5) is 0 Å². The molecule has 3 aliphatic heterocycles. The lowest BCUT2D eigenvalue weighted by molar-refractivity contribution is -0.253. The summed E-state index contributed by atoms with van der Waals surface area (Å²) in [5.74, 6) is -4.36. The second kappa shape index (κ2) is 7.40. The van der Waals surface area contributed by atoms with E-state index in [-0.39, 0.29) is 24.3 Å². The molecule has 162 valence electrons. The average Bonchev–Trinajstić information content (AvgIpc) is 3.00. The Kier molecular flexibility index (Phi) is 5.55. The fourth-order valence-electron chi connectivity index (χ4n) is 4.60. The van der Waals surface area contributed by atoms with Crippen LogP contribution < -0.4 is 0 Å². The first-order valence-corrected chi connectivity index (χ1v) is 10.1. The fraction of sp³-hybridized carbons (Fsp3) is 0.762. The SMILES string of the molecule is C=C1C(=O)OC2CC(C)C3(O)CC(OC(C)=O)C(C)(CC(OC(=O)C(C)C)C12)O3. The standard InChI is InChI=1S/C21H30O8/c1-10(2)18(23)28-15-8-20(6)16(26-13(5)22)9-21(25,29-20)11(3)7-14-17(15)12(4)19(24)27-14/h10-11,14-17,25H,4,7-9H2,1-3,5-6H3. The van der Waals surface area contributed by atoms with Gasteiger partial charge in [0.2, 0.25) is 0 Å². The molecule has 8 nitrogen and oxygen atoms in total. The van der Waals surface area contributed by atoms with Crippen molar-refractivity contribution in [2.24, 2.45) is 17.8 Å². The van der Waals surface area contributed by atoms with Crippen molar-refractivity contribution in [3.63, 3.8) is 0 Å². The molecular weight excluding hydrogens is 380 g/mol. The van der Waals surface area contributed by atoms with Crippen LogP contribution in [0, 0.1) is 17.8 Å². The van der Waals surface area contributed by atoms with E-state index in [2.05, 4.69) is 6.58 Å². The van der Waals surface area contributed by atoms with Crippen LogP contribution in [0.2, 0.25) is 0 Å². The molecule has 7 atom stereocenters. The molecule has 29 heavy (non-hydrogen) atoms. The summed E-state index contributed by atoms with van der Waals surface area (Å²) >= 11 is 0. The van der Waals surface area contributed by atoms with Crippen LogP contribution >= 0.6 is 0 Å². The summed E-state index contributed by atoms with van der Waals surface area (Å²) in [6, 6.07) is 0. The number of fused-ring (bicyclic) bond motifs is 3. The summed E-state index contributed by atoms with van der Waals surface area (Å²) in [7, 11) is 0. The third kappa shape index (κ3) is 3.92. The molecule has 0 aromatic carbocycles. The molecule has 3 aliphatic rings. The normalized spacial score (nSPS) is 41.8. The number of hydrogen-bond donors (Lipinski definition) is 1. The van der Waals surface area contributed by atoms with Crippen molar-refractivity contribution in [1.29, 1.82) is 0 Å². The average molecular weight is 410 g/mol. The Morgan fingerprint density at radius 1 is 1.28 bits per heavy atom. The molecule has 0 radical (unpaired) electrons. The van der Waals surface area contributed by atoms with Crippen molar-refractivity contribution in [2.75, 3.05) is 0 Å². The van der Waals surface area contributed by atoms with Crippen LogP contribution in [0.15, 0.2) is 12.2 Å². The smallest absolute Gasteiger partial charge is 0.334 e. The van der Waals surface area contributed by atoms with Gasteiger partial charge in [0.05, 0.1) is 11.8 Å². The Bertz CT molecular complexity index is 730. The molecule has 2 bridgehead atoms. The van der Waals surface area contributed by atoms with Crippen LogP contribution in [-0.4, -0.2) is 52.7 Å². The quantitative estimate of drug-likeness (QED) is 0.427. The summed E-state index contributed by atoms with van der Waals surface area (Å²) < 4.78 is 22.9. The van der Waals surface area contributed by atoms with Gasteiger partial charge in [-0.1, -0.05) is 27.4 Å². The first kappa shape index (κ1) is 21.8. The van der Waals surface area contributed by atoms with E-state index in [1.54, 1.807) is 27.7 Å². The number of aliphatic hydroxyl groups is 1. The van der Waals surface area contributed by atoms with Gasteiger partial charge in [-0.3, -0.25) is 9.59 Å². The van der Waals surface area contributed by atoms with Crippen LogP contribution in [0.25, 0.3) is 0 Å². The molecule has 1 N–H and O–H groups in total. The Morgan fingerprint density at radius 2 is 1.93 bits per heavy atom. The van der Waals surface area contributed by atoms with Gasteiger partial charge >= 0.3 is 17.9 Å². The molecule has 7 unspecified atom stereocenters. The summed E-state index contributed by atoms with van der Waals surface area (Å²) in [6.45, 7) is 12.1. The van der Waals surface area contributed by atoms with Gasteiger partial charge in [0.1, 0.15) is 23.9 Å². The highest BCUT2D eigenvalue weighted by atomic mass is 16.7.